The lowest BCUT2D eigenvalue weighted by atomic mass is 10.3. The molecule has 0 amide bonds. The molecule has 90 valence electrons. The SMILES string of the molecule is Cc1cc(CNc2ncc([N+](=O)[O-])s2)sc1C. The molecule has 0 saturated carbocycles. The van der Waals surface area contributed by atoms with Gasteiger partial charge < -0.3 is 5.32 Å². The van der Waals surface area contributed by atoms with Crippen molar-refractivity contribution < 1.29 is 4.92 Å². The third-order valence-corrected chi connectivity index (χ3v) is 4.36. The Labute approximate surface area is 106 Å². The van der Waals surface area contributed by atoms with Gasteiger partial charge in [0.2, 0.25) is 0 Å². The Balaban J connectivity index is 1.99. The van der Waals surface area contributed by atoms with Gasteiger partial charge in [0.1, 0.15) is 6.20 Å². The number of anilines is 1. The van der Waals surface area contributed by atoms with Crippen LogP contribution in [0.3, 0.4) is 0 Å². The van der Waals surface area contributed by atoms with Crippen LogP contribution in [0.25, 0.3) is 0 Å². The molecule has 0 aliphatic rings. The summed E-state index contributed by atoms with van der Waals surface area (Å²) in [4.78, 5) is 16.5. The Bertz CT molecular complexity index is 528. The highest BCUT2D eigenvalue weighted by Crippen LogP contribution is 2.26. The second-order valence-electron chi connectivity index (χ2n) is 3.57. The molecule has 0 atom stereocenters. The molecule has 0 saturated heterocycles. The van der Waals surface area contributed by atoms with Gasteiger partial charge in [-0.1, -0.05) is 0 Å². The third kappa shape index (κ3) is 2.80. The average molecular weight is 269 g/mol. The second kappa shape index (κ2) is 4.80. The Kier molecular flexibility index (Phi) is 3.39. The minimum Gasteiger partial charge on any atom is -0.356 e. The van der Waals surface area contributed by atoms with Gasteiger partial charge in [0, 0.05) is 9.75 Å². The molecule has 0 aliphatic carbocycles. The van der Waals surface area contributed by atoms with Gasteiger partial charge in [0.05, 0.1) is 11.5 Å². The molecule has 1 N–H and O–H groups in total. The third-order valence-electron chi connectivity index (χ3n) is 2.30. The summed E-state index contributed by atoms with van der Waals surface area (Å²) in [5, 5.41) is 14.2. The van der Waals surface area contributed by atoms with Crippen LogP contribution in [0.4, 0.5) is 10.1 Å². The molecule has 0 unspecified atom stereocenters. The van der Waals surface area contributed by atoms with Crippen LogP contribution in [-0.4, -0.2) is 9.91 Å². The molecule has 0 spiro atoms. The monoisotopic (exact) mass is 269 g/mol. The van der Waals surface area contributed by atoms with E-state index in [0.717, 1.165) is 11.3 Å². The molecule has 0 fully saturated rings. The molecule has 7 heteroatoms. The molecule has 2 heterocycles. The highest BCUT2D eigenvalue weighted by Gasteiger charge is 2.11. The average Bonchev–Trinajstić information content (AvgIpc) is 2.84. The summed E-state index contributed by atoms with van der Waals surface area (Å²) in [5.41, 5.74) is 1.27. The lowest BCUT2D eigenvalue weighted by molar-refractivity contribution is -0.380. The molecule has 17 heavy (non-hydrogen) atoms. The molecule has 2 rings (SSSR count). The standard InChI is InChI=1S/C10H11N3O2S2/c1-6-3-8(16-7(6)2)4-11-10-12-5-9(17-10)13(14)15/h3,5H,4H2,1-2H3,(H,11,12). The number of nitro groups is 1. The number of nitrogens with zero attached hydrogens (tertiary/aromatic N) is 2. The first-order chi connectivity index (χ1) is 8.06. The smallest absolute Gasteiger partial charge is 0.345 e. The van der Waals surface area contributed by atoms with E-state index in [9.17, 15) is 10.1 Å². The number of nitrogens with one attached hydrogen (secondary N) is 1. The highest BCUT2D eigenvalue weighted by atomic mass is 32.1. The summed E-state index contributed by atoms with van der Waals surface area (Å²) in [7, 11) is 0. The van der Waals surface area contributed by atoms with Gasteiger partial charge in [-0.05, 0) is 36.8 Å². The predicted octanol–water partition coefficient (Wildman–Crippen LogP) is 3.34. The molecule has 5 nitrogen and oxygen atoms in total. The van der Waals surface area contributed by atoms with E-state index in [-0.39, 0.29) is 5.00 Å². The molecule has 0 bridgehead atoms. The maximum absolute atomic E-state index is 10.5. The zero-order valence-electron chi connectivity index (χ0n) is 9.39. The van der Waals surface area contributed by atoms with E-state index < -0.39 is 4.92 Å². The maximum atomic E-state index is 10.5. The Morgan fingerprint density at radius 3 is 2.76 bits per heavy atom. The van der Waals surface area contributed by atoms with E-state index in [2.05, 4.69) is 30.2 Å². The predicted molar refractivity (Wildman–Crippen MR) is 69.9 cm³/mol. The molecular formula is C10H11N3O2S2. The number of aryl methyl sites for hydroxylation is 2. The van der Waals surface area contributed by atoms with E-state index in [1.807, 2.05) is 0 Å². The summed E-state index contributed by atoms with van der Waals surface area (Å²) >= 11 is 2.78. The molecule has 0 radical (unpaired) electrons. The van der Waals surface area contributed by atoms with Crippen LogP contribution >= 0.6 is 22.7 Å². The van der Waals surface area contributed by atoms with E-state index >= 15 is 0 Å². The second-order valence-corrected chi connectivity index (χ2v) is 5.92. The van der Waals surface area contributed by atoms with Crippen LogP contribution in [-0.2, 0) is 6.54 Å². The largest absolute Gasteiger partial charge is 0.356 e. The van der Waals surface area contributed by atoms with Crippen LogP contribution in [0.1, 0.15) is 15.3 Å². The fourth-order valence-corrected chi connectivity index (χ4v) is 2.95. The zero-order valence-corrected chi connectivity index (χ0v) is 11.0. The first-order valence-corrected chi connectivity index (χ1v) is 6.59. The summed E-state index contributed by atoms with van der Waals surface area (Å²) in [6, 6.07) is 2.12. The van der Waals surface area contributed by atoms with Gasteiger partial charge in [-0.15, -0.1) is 11.3 Å². The van der Waals surface area contributed by atoms with Crippen molar-refractivity contribution in [1.29, 1.82) is 0 Å². The fourth-order valence-electron chi connectivity index (χ4n) is 1.33. The summed E-state index contributed by atoms with van der Waals surface area (Å²) in [6.07, 6.45) is 1.28. The van der Waals surface area contributed by atoms with Crippen molar-refractivity contribution in [3.05, 3.63) is 37.7 Å². The van der Waals surface area contributed by atoms with E-state index in [1.54, 1.807) is 11.3 Å². The van der Waals surface area contributed by atoms with Gasteiger partial charge in [-0.3, -0.25) is 10.1 Å². The fraction of sp³-hybridized carbons (Fsp3) is 0.300. The van der Waals surface area contributed by atoms with Crippen molar-refractivity contribution in [3.8, 4) is 0 Å². The molecule has 0 aromatic carbocycles. The lowest BCUT2D eigenvalue weighted by Crippen LogP contribution is -1.95. The van der Waals surface area contributed by atoms with Crippen molar-refractivity contribution in [2.45, 2.75) is 20.4 Å². The summed E-state index contributed by atoms with van der Waals surface area (Å²) in [6.45, 7) is 4.81. The molecule has 2 aromatic heterocycles. The van der Waals surface area contributed by atoms with Gasteiger partial charge in [0.15, 0.2) is 5.13 Å². The molecule has 2 aromatic rings. The number of thiazole rings is 1. The normalized spacial score (nSPS) is 10.5. The van der Waals surface area contributed by atoms with Crippen LogP contribution < -0.4 is 5.32 Å². The van der Waals surface area contributed by atoms with E-state index in [0.29, 0.717) is 11.7 Å². The van der Waals surface area contributed by atoms with Crippen LogP contribution in [0.15, 0.2) is 12.3 Å². The van der Waals surface area contributed by atoms with Crippen molar-refractivity contribution >= 4 is 32.8 Å². The van der Waals surface area contributed by atoms with Crippen molar-refractivity contribution in [2.24, 2.45) is 0 Å². The first-order valence-electron chi connectivity index (χ1n) is 4.96. The number of hydrogen-bond donors (Lipinski definition) is 1. The minimum atomic E-state index is -0.428. The Morgan fingerprint density at radius 2 is 2.24 bits per heavy atom. The molecular weight excluding hydrogens is 258 g/mol. The van der Waals surface area contributed by atoms with E-state index in [4.69, 9.17) is 0 Å². The van der Waals surface area contributed by atoms with Crippen molar-refractivity contribution in [3.63, 3.8) is 0 Å². The van der Waals surface area contributed by atoms with E-state index in [1.165, 1.54) is 21.5 Å². The lowest BCUT2D eigenvalue weighted by Gasteiger charge is -1.97. The van der Waals surface area contributed by atoms with Crippen LogP contribution in [0, 0.1) is 24.0 Å². The van der Waals surface area contributed by atoms with Gasteiger partial charge in [-0.25, -0.2) is 4.98 Å². The number of thiophene rings is 1. The Morgan fingerprint density at radius 1 is 1.47 bits per heavy atom. The highest BCUT2D eigenvalue weighted by molar-refractivity contribution is 7.18. The number of aromatic nitrogens is 1. The van der Waals surface area contributed by atoms with Crippen LogP contribution in [0.2, 0.25) is 0 Å². The van der Waals surface area contributed by atoms with Crippen molar-refractivity contribution in [1.82, 2.24) is 4.98 Å². The first kappa shape index (κ1) is 12.0. The van der Waals surface area contributed by atoms with Gasteiger partial charge >= 0.3 is 5.00 Å². The topological polar surface area (TPSA) is 68.1 Å². The maximum Gasteiger partial charge on any atom is 0.345 e. The summed E-state index contributed by atoms with van der Waals surface area (Å²) < 4.78 is 0. The van der Waals surface area contributed by atoms with Crippen molar-refractivity contribution in [2.75, 3.05) is 5.32 Å². The number of rotatable bonds is 4. The quantitative estimate of drug-likeness (QED) is 0.682. The summed E-state index contributed by atoms with van der Waals surface area (Å²) in [5.74, 6) is 0. The number of hydrogen-bond acceptors (Lipinski definition) is 6. The molecule has 0 aliphatic heterocycles. The minimum absolute atomic E-state index is 0.0611. The van der Waals surface area contributed by atoms with Crippen LogP contribution in [0.5, 0.6) is 0 Å². The zero-order chi connectivity index (χ0) is 12.4. The van der Waals surface area contributed by atoms with Gasteiger partial charge in [-0.2, -0.15) is 0 Å². The Hall–Kier alpha value is -1.47. The van der Waals surface area contributed by atoms with Gasteiger partial charge in [0.25, 0.3) is 0 Å².